The van der Waals surface area contributed by atoms with E-state index in [0.29, 0.717) is 4.22 Å². The molecule has 15 heavy (non-hydrogen) atoms. The first-order valence-electron chi connectivity index (χ1n) is 5.59. The molecular weight excluding hydrogens is 265 g/mol. The van der Waals surface area contributed by atoms with Crippen molar-refractivity contribution in [2.24, 2.45) is 4.99 Å². The second kappa shape index (κ2) is 4.18. The Labute approximate surface area is 103 Å². The van der Waals surface area contributed by atoms with Gasteiger partial charge in [0.25, 0.3) is 0 Å². The number of rotatable bonds is 2. The van der Waals surface area contributed by atoms with Crippen LogP contribution in [0.2, 0.25) is 4.22 Å². The Morgan fingerprint density at radius 1 is 1.40 bits per heavy atom. The van der Waals surface area contributed by atoms with E-state index >= 15 is 0 Å². The molecule has 0 radical (unpaired) electrons. The second-order valence-electron chi connectivity index (χ2n) is 4.84. The number of nitrogens with zero attached hydrogens (tertiary/aromatic N) is 1. The van der Waals surface area contributed by atoms with Crippen LogP contribution >= 0.6 is 18.6 Å². The summed E-state index contributed by atoms with van der Waals surface area (Å²) in [6, 6.07) is 0. The monoisotopic (exact) mass is 281 g/mol. The molecule has 1 heterocycles. The summed E-state index contributed by atoms with van der Waals surface area (Å²) in [4.78, 5) is 4.66. The fourth-order valence-corrected chi connectivity index (χ4v) is 9.32. The van der Waals surface area contributed by atoms with Crippen LogP contribution in [-0.2, 0) is 14.5 Å². The average Bonchev–Trinajstić information content (AvgIpc) is 2.75. The van der Waals surface area contributed by atoms with Crippen molar-refractivity contribution in [3.8, 4) is 0 Å². The molecule has 0 amide bonds. The SMILES string of the molecule is CC1=N[C](C)([Ti]([Cl])([Cl])[CH]2CCCC2)C=C1. The summed E-state index contributed by atoms with van der Waals surface area (Å²) < 4.78 is 0.319. The second-order valence-corrected chi connectivity index (χ2v) is 15.4. The Bertz CT molecular complexity index is 319. The van der Waals surface area contributed by atoms with Gasteiger partial charge in [-0.25, -0.2) is 0 Å². The van der Waals surface area contributed by atoms with Crippen LogP contribution in [0.3, 0.4) is 0 Å². The predicted molar refractivity (Wildman–Crippen MR) is 64.6 cm³/mol. The minimum atomic E-state index is -2.89. The summed E-state index contributed by atoms with van der Waals surface area (Å²) in [5.74, 6) is 0. The van der Waals surface area contributed by atoms with Gasteiger partial charge in [-0.2, -0.15) is 0 Å². The van der Waals surface area contributed by atoms with Crippen molar-refractivity contribution in [2.75, 3.05) is 0 Å². The Morgan fingerprint density at radius 2 is 2.00 bits per heavy atom. The molecule has 0 saturated heterocycles. The third kappa shape index (κ3) is 2.09. The van der Waals surface area contributed by atoms with E-state index in [2.05, 4.69) is 24.1 Å². The molecule has 1 aliphatic carbocycles. The molecule has 2 aliphatic rings. The molecule has 1 atom stereocenters. The first kappa shape index (κ1) is 12.2. The van der Waals surface area contributed by atoms with Gasteiger partial charge in [0.05, 0.1) is 0 Å². The van der Waals surface area contributed by atoms with Gasteiger partial charge in [-0.3, -0.25) is 0 Å². The van der Waals surface area contributed by atoms with Crippen LogP contribution in [0, 0.1) is 0 Å². The van der Waals surface area contributed by atoms with Gasteiger partial charge in [-0.05, 0) is 0 Å². The normalized spacial score (nSPS) is 32.4. The molecule has 1 aliphatic heterocycles. The minimum absolute atomic E-state index is 0.248. The van der Waals surface area contributed by atoms with E-state index in [0.717, 1.165) is 5.71 Å². The Hall–Kier alpha value is 0.704. The van der Waals surface area contributed by atoms with Gasteiger partial charge < -0.3 is 0 Å². The molecule has 1 saturated carbocycles. The Balaban J connectivity index is 2.25. The van der Waals surface area contributed by atoms with Crippen LogP contribution in [-0.4, -0.2) is 9.56 Å². The summed E-state index contributed by atoms with van der Waals surface area (Å²) in [5, 5.41) is 0. The molecule has 84 valence electrons. The van der Waals surface area contributed by atoms with Gasteiger partial charge in [-0.15, -0.1) is 0 Å². The van der Waals surface area contributed by atoms with Gasteiger partial charge in [-0.1, -0.05) is 0 Å². The molecule has 4 heteroatoms. The summed E-state index contributed by atoms with van der Waals surface area (Å²) in [5.41, 5.74) is 1.06. The molecule has 1 unspecified atom stereocenters. The standard InChI is InChI=1S/C6H8N.C5H9.2ClH.Ti/c1-5-3-4-6(2)7-5;1-2-4-5-3-1;;;/h3-4H,1-2H3;1H,2-5H2;2*1H;/q;;;;+2/p-2. The van der Waals surface area contributed by atoms with Crippen LogP contribution in [0.4, 0.5) is 0 Å². The van der Waals surface area contributed by atoms with E-state index in [-0.39, 0.29) is 3.84 Å². The molecule has 0 spiro atoms. The van der Waals surface area contributed by atoms with Crippen LogP contribution in [0.15, 0.2) is 17.1 Å². The maximum atomic E-state index is 6.75. The first-order chi connectivity index (χ1) is 6.96. The van der Waals surface area contributed by atoms with Crippen molar-refractivity contribution in [3.63, 3.8) is 0 Å². The van der Waals surface area contributed by atoms with Crippen molar-refractivity contribution >= 4 is 24.3 Å². The summed E-state index contributed by atoms with van der Waals surface area (Å²) in [6.45, 7) is 4.13. The molecule has 1 fully saturated rings. The molecule has 0 aromatic carbocycles. The predicted octanol–water partition coefficient (Wildman–Crippen LogP) is 4.56. The molecule has 1 nitrogen and oxygen atoms in total. The molecular formula is C11H17Cl2NTi. The number of hydrogen-bond acceptors (Lipinski definition) is 1. The van der Waals surface area contributed by atoms with E-state index in [9.17, 15) is 0 Å². The van der Waals surface area contributed by atoms with E-state index in [1.54, 1.807) is 0 Å². The zero-order valence-corrected chi connectivity index (χ0v) is 12.3. The van der Waals surface area contributed by atoms with E-state index < -0.39 is 14.5 Å². The van der Waals surface area contributed by atoms with Crippen LogP contribution in [0.5, 0.6) is 0 Å². The molecule has 0 aromatic rings. The number of halogens is 2. The first-order valence-corrected chi connectivity index (χ1v) is 11.6. The molecule has 0 bridgehead atoms. The Morgan fingerprint density at radius 3 is 2.47 bits per heavy atom. The van der Waals surface area contributed by atoms with Gasteiger partial charge >= 0.3 is 104 Å². The maximum absolute atomic E-state index is 6.75. The van der Waals surface area contributed by atoms with Crippen LogP contribution < -0.4 is 0 Å². The third-order valence-electron chi connectivity index (χ3n) is 3.60. The van der Waals surface area contributed by atoms with Crippen molar-refractivity contribution in [2.45, 2.75) is 47.6 Å². The van der Waals surface area contributed by atoms with Gasteiger partial charge in [0.1, 0.15) is 0 Å². The Kier molecular flexibility index (Phi) is 3.39. The van der Waals surface area contributed by atoms with Crippen molar-refractivity contribution in [3.05, 3.63) is 12.2 Å². The zero-order valence-electron chi connectivity index (χ0n) is 9.26. The summed E-state index contributed by atoms with van der Waals surface area (Å²) >= 11 is -2.89. The van der Waals surface area contributed by atoms with E-state index in [1.807, 2.05) is 6.92 Å². The quantitative estimate of drug-likeness (QED) is 0.658. The fourth-order valence-electron chi connectivity index (χ4n) is 2.61. The third-order valence-corrected chi connectivity index (χ3v) is 14.3. The molecule has 0 N–H and O–H groups in total. The topological polar surface area (TPSA) is 12.4 Å². The molecule has 2 rings (SSSR count). The van der Waals surface area contributed by atoms with E-state index in [4.69, 9.17) is 18.6 Å². The summed E-state index contributed by atoms with van der Waals surface area (Å²) in [7, 11) is 13.5. The van der Waals surface area contributed by atoms with Crippen LogP contribution in [0.25, 0.3) is 0 Å². The zero-order chi connectivity index (χ0) is 11.1. The number of aliphatic imine (C=N–C) groups is 1. The fraction of sp³-hybridized carbons (Fsp3) is 0.727. The van der Waals surface area contributed by atoms with Gasteiger partial charge in [0, 0.05) is 0 Å². The number of allylic oxidation sites excluding steroid dienone is 1. The number of hydrogen-bond donors (Lipinski definition) is 0. The van der Waals surface area contributed by atoms with E-state index in [1.165, 1.54) is 25.7 Å². The van der Waals surface area contributed by atoms with Gasteiger partial charge in [0.2, 0.25) is 0 Å². The van der Waals surface area contributed by atoms with Crippen molar-refractivity contribution in [1.29, 1.82) is 0 Å². The van der Waals surface area contributed by atoms with Crippen LogP contribution in [0.1, 0.15) is 39.5 Å². The molecule has 0 aromatic heterocycles. The van der Waals surface area contributed by atoms with Gasteiger partial charge in [0.15, 0.2) is 0 Å². The summed E-state index contributed by atoms with van der Waals surface area (Å²) in [6.07, 6.45) is 9.19. The van der Waals surface area contributed by atoms with Crippen molar-refractivity contribution in [1.82, 2.24) is 0 Å². The average molecular weight is 282 g/mol. The van der Waals surface area contributed by atoms with Crippen molar-refractivity contribution < 1.29 is 14.5 Å².